The number of nitrogens with one attached hydrogen (secondary N) is 4. The summed E-state index contributed by atoms with van der Waals surface area (Å²) >= 11 is 12.3. The average molecular weight is 623 g/mol. The summed E-state index contributed by atoms with van der Waals surface area (Å²) < 4.78 is 30.8. The quantitative estimate of drug-likeness (QED) is 0.351. The van der Waals surface area contributed by atoms with E-state index in [9.17, 15) is 14.4 Å². The van der Waals surface area contributed by atoms with E-state index < -0.39 is 46.9 Å². The van der Waals surface area contributed by atoms with Crippen LogP contribution in [0.15, 0.2) is 30.3 Å². The van der Waals surface area contributed by atoms with Gasteiger partial charge in [-0.25, -0.2) is 8.78 Å². The van der Waals surface area contributed by atoms with Crippen molar-refractivity contribution in [3.05, 3.63) is 63.1 Å². The number of carbonyl (C=O) groups excluding carboxylic acids is 3. The molecule has 4 N–H and O–H groups in total. The number of anilines is 1. The van der Waals surface area contributed by atoms with Crippen LogP contribution in [0.5, 0.6) is 0 Å². The van der Waals surface area contributed by atoms with Gasteiger partial charge in [0.05, 0.1) is 22.6 Å². The highest BCUT2D eigenvalue weighted by molar-refractivity contribution is 6.31. The Morgan fingerprint density at radius 2 is 1.93 bits per heavy atom. The van der Waals surface area contributed by atoms with E-state index in [1.54, 1.807) is 6.07 Å². The summed E-state index contributed by atoms with van der Waals surface area (Å²) in [5.41, 5.74) is -1.13. The molecule has 3 amide bonds. The summed E-state index contributed by atoms with van der Waals surface area (Å²) in [4.78, 5) is 41.7. The number of hydrogen-bond donors (Lipinski definition) is 4. The van der Waals surface area contributed by atoms with Gasteiger partial charge in [-0.05, 0) is 47.6 Å². The monoisotopic (exact) mass is 621 g/mol. The fourth-order valence-corrected chi connectivity index (χ4v) is 7.02. The van der Waals surface area contributed by atoms with E-state index in [1.807, 2.05) is 25.7 Å². The molecule has 42 heavy (non-hydrogen) atoms. The second-order valence-corrected chi connectivity index (χ2v) is 13.3. The van der Waals surface area contributed by atoms with Crippen LogP contribution in [0.3, 0.4) is 0 Å². The van der Waals surface area contributed by atoms with Crippen LogP contribution >= 0.6 is 23.2 Å². The number of rotatable bonds is 7. The topological polar surface area (TPSA) is 103 Å². The third kappa shape index (κ3) is 5.62. The Morgan fingerprint density at radius 3 is 2.64 bits per heavy atom. The van der Waals surface area contributed by atoms with Crippen LogP contribution in [0.1, 0.15) is 50.7 Å². The van der Waals surface area contributed by atoms with Crippen LogP contribution in [0.25, 0.3) is 0 Å². The van der Waals surface area contributed by atoms with Crippen LogP contribution in [0.4, 0.5) is 14.5 Å². The molecule has 0 saturated carbocycles. The fraction of sp³-hybridized carbons (Fsp3) is 0.500. The molecule has 3 aliphatic rings. The fourth-order valence-electron chi connectivity index (χ4n) is 6.67. The molecule has 0 aliphatic carbocycles. The summed E-state index contributed by atoms with van der Waals surface area (Å²) in [6.07, 6.45) is 1.01. The Bertz CT molecular complexity index is 1420. The molecule has 5 rings (SSSR count). The zero-order valence-corrected chi connectivity index (χ0v) is 25.3. The van der Waals surface area contributed by atoms with Crippen molar-refractivity contribution in [3.63, 3.8) is 0 Å². The van der Waals surface area contributed by atoms with Gasteiger partial charge in [-0.2, -0.15) is 0 Å². The molecule has 12 heteroatoms. The van der Waals surface area contributed by atoms with Gasteiger partial charge >= 0.3 is 0 Å². The first-order valence-corrected chi connectivity index (χ1v) is 14.9. The number of fused-ring (bicyclic) bond motifs is 2. The molecule has 2 aromatic carbocycles. The predicted molar refractivity (Wildman–Crippen MR) is 158 cm³/mol. The molecule has 3 heterocycles. The lowest BCUT2D eigenvalue weighted by molar-refractivity contribution is -0.125. The molecule has 226 valence electrons. The van der Waals surface area contributed by atoms with Crippen LogP contribution in [0, 0.1) is 17.0 Å². The average Bonchev–Trinajstić information content (AvgIpc) is 3.38. The van der Waals surface area contributed by atoms with Crippen LogP contribution in [-0.2, 0) is 19.8 Å². The SMILES string of the molecule is CC(C)(C)C[C@H]1N[C@@H](C(=O)NCCCN2CCNC(=O)C2)[C@H](c2cccc(Cl)c2F)[C@@]12C(=O)Nc1cc(Cl)c(F)cc12. The van der Waals surface area contributed by atoms with Gasteiger partial charge in [0.25, 0.3) is 0 Å². The predicted octanol–water partition coefficient (Wildman–Crippen LogP) is 3.96. The molecule has 2 saturated heterocycles. The third-order valence-corrected chi connectivity index (χ3v) is 8.95. The van der Waals surface area contributed by atoms with Crippen molar-refractivity contribution in [2.45, 2.75) is 57.0 Å². The highest BCUT2D eigenvalue weighted by Gasteiger charge is 2.66. The Labute approximate surface area is 253 Å². The summed E-state index contributed by atoms with van der Waals surface area (Å²) in [6, 6.07) is 5.37. The summed E-state index contributed by atoms with van der Waals surface area (Å²) in [5.74, 6) is -3.43. The largest absolute Gasteiger partial charge is 0.355 e. The van der Waals surface area contributed by atoms with Gasteiger partial charge < -0.3 is 21.3 Å². The maximum atomic E-state index is 15.8. The first kappa shape index (κ1) is 30.7. The Hall–Kier alpha value is -2.79. The van der Waals surface area contributed by atoms with Crippen molar-refractivity contribution in [2.75, 3.05) is 38.0 Å². The second kappa shape index (κ2) is 11.7. The molecule has 1 spiro atoms. The molecular weight excluding hydrogens is 587 g/mol. The molecule has 2 fully saturated rings. The molecule has 8 nitrogen and oxygen atoms in total. The van der Waals surface area contributed by atoms with E-state index in [-0.39, 0.29) is 26.9 Å². The van der Waals surface area contributed by atoms with Crippen molar-refractivity contribution in [1.82, 2.24) is 20.9 Å². The lowest BCUT2D eigenvalue weighted by Gasteiger charge is -2.37. The number of amides is 3. The molecule has 2 aromatic rings. The number of benzene rings is 2. The Balaban J connectivity index is 1.54. The van der Waals surface area contributed by atoms with Gasteiger partial charge in [-0.3, -0.25) is 19.3 Å². The van der Waals surface area contributed by atoms with E-state index in [0.29, 0.717) is 50.3 Å². The Morgan fingerprint density at radius 1 is 1.17 bits per heavy atom. The van der Waals surface area contributed by atoms with Gasteiger partial charge in [0.15, 0.2) is 0 Å². The minimum Gasteiger partial charge on any atom is -0.355 e. The summed E-state index contributed by atoms with van der Waals surface area (Å²) in [5, 5.41) is 11.6. The highest BCUT2D eigenvalue weighted by atomic mass is 35.5. The molecular formula is C30H35Cl2F2N5O3. The smallest absolute Gasteiger partial charge is 0.237 e. The molecule has 0 aromatic heterocycles. The lowest BCUT2D eigenvalue weighted by Crippen LogP contribution is -2.49. The number of hydrogen-bond acceptors (Lipinski definition) is 5. The van der Waals surface area contributed by atoms with Gasteiger partial charge in [0, 0.05) is 43.8 Å². The van der Waals surface area contributed by atoms with Gasteiger partial charge in [-0.15, -0.1) is 0 Å². The lowest BCUT2D eigenvalue weighted by atomic mass is 9.62. The van der Waals surface area contributed by atoms with E-state index in [2.05, 4.69) is 21.3 Å². The standard InChI is InChI=1S/C30H35Cl2F2N5O3/c1-29(2,3)14-22-30(17-12-20(33)19(32)13-21(17)37-28(30)42)24(16-6-4-7-18(31)25(16)34)26(38-22)27(41)36-8-5-10-39-11-9-35-23(40)15-39/h4,6-7,12-13,22,24,26,38H,5,8-11,14-15H2,1-3H3,(H,35,40)(H,36,41)(H,37,42)/t22-,24+,26-,30+/m1/s1. The molecule has 0 unspecified atom stereocenters. The van der Waals surface area contributed by atoms with Crippen LogP contribution < -0.4 is 21.3 Å². The Kier molecular flexibility index (Phi) is 8.55. The first-order chi connectivity index (χ1) is 19.8. The van der Waals surface area contributed by atoms with E-state index >= 15 is 8.78 Å². The van der Waals surface area contributed by atoms with Crippen molar-refractivity contribution in [2.24, 2.45) is 5.41 Å². The minimum absolute atomic E-state index is 0.0325. The molecule has 4 atom stereocenters. The van der Waals surface area contributed by atoms with Crippen molar-refractivity contribution in [3.8, 4) is 0 Å². The highest BCUT2D eigenvalue weighted by Crippen LogP contribution is 2.57. The van der Waals surface area contributed by atoms with Gasteiger partial charge in [0.1, 0.15) is 17.0 Å². The summed E-state index contributed by atoms with van der Waals surface area (Å²) in [6.45, 7) is 8.54. The van der Waals surface area contributed by atoms with Crippen molar-refractivity contribution < 1.29 is 23.2 Å². The number of carbonyl (C=O) groups is 3. The van der Waals surface area contributed by atoms with E-state index in [0.717, 1.165) is 6.54 Å². The number of halogens is 4. The van der Waals surface area contributed by atoms with Gasteiger partial charge in [0.2, 0.25) is 17.7 Å². The number of nitrogens with zero attached hydrogens (tertiary/aromatic N) is 1. The first-order valence-electron chi connectivity index (χ1n) is 14.1. The van der Waals surface area contributed by atoms with E-state index in [1.165, 1.54) is 24.3 Å². The molecule has 3 aliphatic heterocycles. The van der Waals surface area contributed by atoms with Crippen molar-refractivity contribution in [1.29, 1.82) is 0 Å². The maximum absolute atomic E-state index is 15.8. The van der Waals surface area contributed by atoms with Crippen LogP contribution in [0.2, 0.25) is 10.0 Å². The normalized spacial score (nSPS) is 25.8. The van der Waals surface area contributed by atoms with E-state index in [4.69, 9.17) is 23.2 Å². The summed E-state index contributed by atoms with van der Waals surface area (Å²) in [7, 11) is 0. The zero-order chi connectivity index (χ0) is 30.4. The number of piperazine rings is 1. The minimum atomic E-state index is -1.54. The van der Waals surface area contributed by atoms with Crippen LogP contribution in [-0.4, -0.2) is 67.4 Å². The third-order valence-electron chi connectivity index (χ3n) is 8.37. The maximum Gasteiger partial charge on any atom is 0.237 e. The van der Waals surface area contributed by atoms with Crippen molar-refractivity contribution >= 4 is 46.6 Å². The molecule has 0 radical (unpaired) electrons. The van der Waals surface area contributed by atoms with Gasteiger partial charge in [-0.1, -0.05) is 56.1 Å². The molecule has 0 bridgehead atoms. The zero-order valence-electron chi connectivity index (χ0n) is 23.8. The second-order valence-electron chi connectivity index (χ2n) is 12.5.